The van der Waals surface area contributed by atoms with Crippen LogP contribution < -0.4 is 4.74 Å². The molecule has 0 saturated heterocycles. The molecule has 23 heavy (non-hydrogen) atoms. The van der Waals surface area contributed by atoms with Gasteiger partial charge in [-0.05, 0) is 37.1 Å². The summed E-state index contributed by atoms with van der Waals surface area (Å²) in [6.07, 6.45) is 5.46. The number of hydrogen-bond acceptors (Lipinski definition) is 2. The third-order valence-corrected chi connectivity index (χ3v) is 4.12. The normalized spacial score (nSPS) is 10.9. The molecule has 0 fully saturated rings. The van der Waals surface area contributed by atoms with E-state index < -0.39 is 0 Å². The van der Waals surface area contributed by atoms with Gasteiger partial charge in [-0.2, -0.15) is 0 Å². The first-order valence-corrected chi connectivity index (χ1v) is 7.53. The molecule has 0 spiro atoms. The van der Waals surface area contributed by atoms with Gasteiger partial charge in [-0.25, -0.2) is 4.39 Å². The van der Waals surface area contributed by atoms with E-state index in [2.05, 4.69) is 30.0 Å². The summed E-state index contributed by atoms with van der Waals surface area (Å²) in [7, 11) is 0. The minimum atomic E-state index is -0.247. The summed E-state index contributed by atoms with van der Waals surface area (Å²) in [5.41, 5.74) is 4.32. The Kier molecular flexibility index (Phi) is 4.15. The first-order valence-electron chi connectivity index (χ1n) is 7.53. The predicted octanol–water partition coefficient (Wildman–Crippen LogP) is 4.56. The van der Waals surface area contributed by atoms with Crippen LogP contribution in [0.25, 0.3) is 10.9 Å². The van der Waals surface area contributed by atoms with Gasteiger partial charge in [-0.15, -0.1) is 6.58 Å². The number of pyridine rings is 1. The molecule has 3 aromatic rings. The zero-order chi connectivity index (χ0) is 16.4. The number of benzene rings is 1. The van der Waals surface area contributed by atoms with Crippen molar-refractivity contribution in [3.8, 4) is 5.75 Å². The lowest BCUT2D eigenvalue weighted by atomic mass is 10.2. The molecule has 0 unspecified atom stereocenters. The van der Waals surface area contributed by atoms with Crippen LogP contribution in [0, 0.1) is 19.7 Å². The molecule has 0 atom stereocenters. The molecule has 0 bridgehead atoms. The van der Waals surface area contributed by atoms with E-state index in [-0.39, 0.29) is 5.82 Å². The second-order valence-electron chi connectivity index (χ2n) is 5.56. The highest BCUT2D eigenvalue weighted by atomic mass is 19.1. The van der Waals surface area contributed by atoms with E-state index in [0.717, 1.165) is 22.2 Å². The van der Waals surface area contributed by atoms with E-state index in [4.69, 9.17) is 4.74 Å². The molecule has 0 saturated carbocycles. The van der Waals surface area contributed by atoms with Crippen LogP contribution in [-0.2, 0) is 13.2 Å². The molecule has 4 heteroatoms. The molecule has 0 aliphatic rings. The third-order valence-electron chi connectivity index (χ3n) is 4.12. The lowest BCUT2D eigenvalue weighted by Gasteiger charge is -2.11. The number of allylic oxidation sites excluding steroid dienone is 1. The van der Waals surface area contributed by atoms with Gasteiger partial charge in [-0.3, -0.25) is 4.98 Å². The van der Waals surface area contributed by atoms with Gasteiger partial charge in [0.2, 0.25) is 0 Å². The SMILES string of the molecule is C=CCn1c(C)c(C)c2cncc(OCc3ccc(F)cc3)c21. The Labute approximate surface area is 135 Å². The van der Waals surface area contributed by atoms with Crippen LogP contribution in [0.2, 0.25) is 0 Å². The van der Waals surface area contributed by atoms with Gasteiger partial charge in [0.05, 0.1) is 11.7 Å². The van der Waals surface area contributed by atoms with Gasteiger partial charge in [-0.1, -0.05) is 18.2 Å². The first-order chi connectivity index (χ1) is 11.1. The maximum Gasteiger partial charge on any atom is 0.162 e. The maximum absolute atomic E-state index is 13.0. The van der Waals surface area contributed by atoms with Gasteiger partial charge < -0.3 is 9.30 Å². The number of ether oxygens (including phenoxy) is 1. The molecular formula is C19H19FN2O. The van der Waals surface area contributed by atoms with E-state index in [1.54, 1.807) is 18.3 Å². The smallest absolute Gasteiger partial charge is 0.162 e. The number of rotatable bonds is 5. The fourth-order valence-corrected chi connectivity index (χ4v) is 2.76. The number of fused-ring (bicyclic) bond motifs is 1. The number of nitrogens with zero attached hydrogens (tertiary/aromatic N) is 2. The van der Waals surface area contributed by atoms with Crippen molar-refractivity contribution in [1.29, 1.82) is 0 Å². The van der Waals surface area contributed by atoms with Crippen molar-refractivity contribution >= 4 is 10.9 Å². The van der Waals surface area contributed by atoms with Crippen molar-refractivity contribution in [3.63, 3.8) is 0 Å². The molecule has 0 N–H and O–H groups in total. The third kappa shape index (κ3) is 2.84. The van der Waals surface area contributed by atoms with Crippen LogP contribution in [0.3, 0.4) is 0 Å². The predicted molar refractivity (Wildman–Crippen MR) is 90.1 cm³/mol. The number of aryl methyl sites for hydroxylation is 1. The second kappa shape index (κ2) is 6.24. The Morgan fingerprint density at radius 3 is 2.65 bits per heavy atom. The van der Waals surface area contributed by atoms with Crippen molar-refractivity contribution in [2.75, 3.05) is 0 Å². The van der Waals surface area contributed by atoms with Crippen molar-refractivity contribution in [3.05, 3.63) is 72.0 Å². The van der Waals surface area contributed by atoms with E-state index >= 15 is 0 Å². The highest BCUT2D eigenvalue weighted by Crippen LogP contribution is 2.32. The van der Waals surface area contributed by atoms with Gasteiger partial charge in [0.1, 0.15) is 12.4 Å². The van der Waals surface area contributed by atoms with Crippen molar-refractivity contribution < 1.29 is 9.13 Å². The Balaban J connectivity index is 1.98. The van der Waals surface area contributed by atoms with Crippen LogP contribution in [-0.4, -0.2) is 9.55 Å². The summed E-state index contributed by atoms with van der Waals surface area (Å²) >= 11 is 0. The van der Waals surface area contributed by atoms with Crippen LogP contribution >= 0.6 is 0 Å². The molecule has 0 aliphatic heterocycles. The molecule has 2 aromatic heterocycles. The molecule has 118 valence electrons. The van der Waals surface area contributed by atoms with E-state index in [9.17, 15) is 4.39 Å². The summed E-state index contributed by atoms with van der Waals surface area (Å²) in [5, 5.41) is 1.08. The van der Waals surface area contributed by atoms with Crippen LogP contribution in [0.5, 0.6) is 5.75 Å². The fourth-order valence-electron chi connectivity index (χ4n) is 2.76. The Hall–Kier alpha value is -2.62. The summed E-state index contributed by atoms with van der Waals surface area (Å²) in [6.45, 7) is 9.09. The van der Waals surface area contributed by atoms with Crippen molar-refractivity contribution in [1.82, 2.24) is 9.55 Å². The molecular weight excluding hydrogens is 291 g/mol. The summed E-state index contributed by atoms with van der Waals surface area (Å²) in [5.74, 6) is 0.480. The quantitative estimate of drug-likeness (QED) is 0.646. The summed E-state index contributed by atoms with van der Waals surface area (Å²) < 4.78 is 21.1. The minimum absolute atomic E-state index is 0.247. The molecule has 1 aromatic carbocycles. The van der Waals surface area contributed by atoms with Crippen molar-refractivity contribution in [2.24, 2.45) is 0 Å². The lowest BCUT2D eigenvalue weighted by molar-refractivity contribution is 0.307. The Morgan fingerprint density at radius 2 is 1.96 bits per heavy atom. The van der Waals surface area contributed by atoms with E-state index in [0.29, 0.717) is 13.2 Å². The van der Waals surface area contributed by atoms with Crippen molar-refractivity contribution in [2.45, 2.75) is 27.0 Å². The number of aromatic nitrogens is 2. The van der Waals surface area contributed by atoms with Gasteiger partial charge in [0.25, 0.3) is 0 Å². The average Bonchev–Trinajstić information content (AvgIpc) is 2.80. The van der Waals surface area contributed by atoms with Crippen LogP contribution in [0.1, 0.15) is 16.8 Å². The van der Waals surface area contributed by atoms with Gasteiger partial charge in [0.15, 0.2) is 5.75 Å². The number of halogens is 1. The Morgan fingerprint density at radius 1 is 1.22 bits per heavy atom. The molecule has 2 heterocycles. The largest absolute Gasteiger partial charge is 0.485 e. The summed E-state index contributed by atoms with van der Waals surface area (Å²) in [4.78, 5) is 4.29. The van der Waals surface area contributed by atoms with E-state index in [1.807, 2.05) is 12.3 Å². The van der Waals surface area contributed by atoms with Gasteiger partial charge >= 0.3 is 0 Å². The zero-order valence-corrected chi connectivity index (χ0v) is 13.3. The molecule has 3 nitrogen and oxygen atoms in total. The van der Waals surface area contributed by atoms with Crippen LogP contribution in [0.15, 0.2) is 49.3 Å². The Bertz CT molecular complexity index is 850. The fraction of sp³-hybridized carbons (Fsp3) is 0.211. The average molecular weight is 310 g/mol. The topological polar surface area (TPSA) is 27.1 Å². The molecule has 0 aliphatic carbocycles. The second-order valence-corrected chi connectivity index (χ2v) is 5.56. The highest BCUT2D eigenvalue weighted by Gasteiger charge is 2.15. The standard InChI is InChI=1S/C19H19FN2O/c1-4-9-22-14(3)13(2)17-10-21-11-18(19(17)22)23-12-15-5-7-16(20)8-6-15/h4-8,10-11H,1,9,12H2,2-3H3. The molecule has 3 rings (SSSR count). The minimum Gasteiger partial charge on any atom is -0.485 e. The molecule has 0 radical (unpaired) electrons. The van der Waals surface area contributed by atoms with E-state index in [1.165, 1.54) is 23.4 Å². The lowest BCUT2D eigenvalue weighted by Crippen LogP contribution is -2.01. The molecule has 0 amide bonds. The monoisotopic (exact) mass is 310 g/mol. The summed E-state index contributed by atoms with van der Waals surface area (Å²) in [6, 6.07) is 6.32. The highest BCUT2D eigenvalue weighted by molar-refractivity contribution is 5.89. The van der Waals surface area contributed by atoms with Crippen LogP contribution in [0.4, 0.5) is 4.39 Å². The first kappa shape index (κ1) is 15.3. The zero-order valence-electron chi connectivity index (χ0n) is 13.3. The number of hydrogen-bond donors (Lipinski definition) is 0. The van der Waals surface area contributed by atoms with Gasteiger partial charge in [0, 0.05) is 23.8 Å². The maximum atomic E-state index is 13.0.